The lowest BCUT2D eigenvalue weighted by Crippen LogP contribution is -2.25. The summed E-state index contributed by atoms with van der Waals surface area (Å²) >= 11 is 0. The van der Waals surface area contributed by atoms with E-state index in [2.05, 4.69) is 11.1 Å². The van der Waals surface area contributed by atoms with Gasteiger partial charge in [0.25, 0.3) is 5.56 Å². The van der Waals surface area contributed by atoms with E-state index in [4.69, 9.17) is 10.5 Å². The Kier molecular flexibility index (Phi) is 3.90. The van der Waals surface area contributed by atoms with Crippen molar-refractivity contribution in [3.63, 3.8) is 0 Å². The summed E-state index contributed by atoms with van der Waals surface area (Å²) in [7, 11) is 0. The van der Waals surface area contributed by atoms with Crippen molar-refractivity contribution in [1.82, 2.24) is 4.98 Å². The molecule has 0 saturated carbocycles. The Morgan fingerprint density at radius 1 is 1.03 bits per heavy atom. The molecule has 0 saturated heterocycles. The van der Waals surface area contributed by atoms with Crippen LogP contribution in [-0.2, 0) is 0 Å². The molecule has 0 spiro atoms. The largest absolute Gasteiger partial charge is 0.440 e. The number of benzene rings is 3. The second kappa shape index (κ2) is 6.50. The number of allylic oxidation sites excluding steroid dienone is 1. The highest BCUT2D eigenvalue weighted by Gasteiger charge is 2.34. The molecule has 1 unspecified atom stereocenters. The zero-order valence-electron chi connectivity index (χ0n) is 16.6. The Labute approximate surface area is 173 Å². The number of nitrogens with two attached hydrogens (primary N) is 1. The number of pyridine rings is 1. The number of rotatable bonds is 1. The van der Waals surface area contributed by atoms with Crippen LogP contribution in [0.3, 0.4) is 0 Å². The molecule has 0 fully saturated rings. The van der Waals surface area contributed by atoms with E-state index in [1.165, 1.54) is 0 Å². The van der Waals surface area contributed by atoms with Crippen LogP contribution in [0.25, 0.3) is 21.7 Å². The Morgan fingerprint density at radius 3 is 2.60 bits per heavy atom. The monoisotopic (exact) mass is 393 g/mol. The van der Waals surface area contributed by atoms with Crippen LogP contribution in [-0.4, -0.2) is 4.98 Å². The van der Waals surface area contributed by atoms with Crippen molar-refractivity contribution >= 4 is 21.7 Å². The van der Waals surface area contributed by atoms with Crippen LogP contribution >= 0.6 is 0 Å². The summed E-state index contributed by atoms with van der Waals surface area (Å²) in [5, 5.41) is 12.7. The van der Waals surface area contributed by atoms with Crippen LogP contribution in [0.1, 0.15) is 28.2 Å². The van der Waals surface area contributed by atoms with Gasteiger partial charge >= 0.3 is 0 Å². The maximum atomic E-state index is 13.2. The lowest BCUT2D eigenvalue weighted by atomic mass is 9.81. The number of aromatic nitrogens is 1. The van der Waals surface area contributed by atoms with Crippen molar-refractivity contribution in [3.8, 4) is 11.8 Å². The number of aromatic amines is 1. The number of hydrogen-bond acceptors (Lipinski definition) is 4. The maximum absolute atomic E-state index is 13.2. The van der Waals surface area contributed by atoms with Gasteiger partial charge in [0.05, 0.1) is 5.92 Å². The Balaban J connectivity index is 1.87. The van der Waals surface area contributed by atoms with Gasteiger partial charge < -0.3 is 15.5 Å². The standard InChI is InChI=1S/C25H19N3O2/c1-13-9-16-11-18(25(29)28-20(16)10-14(13)2)22-19(12-26)24(27)30-21-8-7-15-5-3-4-6-17(15)23(21)22/h3-11,22H,27H2,1-2H3,(H,28,29). The van der Waals surface area contributed by atoms with E-state index in [1.807, 2.05) is 68.4 Å². The molecule has 1 aromatic heterocycles. The van der Waals surface area contributed by atoms with E-state index in [-0.39, 0.29) is 17.0 Å². The summed E-state index contributed by atoms with van der Waals surface area (Å²) < 4.78 is 5.78. The zero-order chi connectivity index (χ0) is 21.0. The normalized spacial score (nSPS) is 15.7. The van der Waals surface area contributed by atoms with Gasteiger partial charge in [-0.1, -0.05) is 30.3 Å². The van der Waals surface area contributed by atoms with Crippen molar-refractivity contribution in [1.29, 1.82) is 5.26 Å². The van der Waals surface area contributed by atoms with Gasteiger partial charge in [-0.3, -0.25) is 4.79 Å². The quantitative estimate of drug-likeness (QED) is 0.497. The van der Waals surface area contributed by atoms with Gasteiger partial charge in [0.15, 0.2) is 0 Å². The van der Waals surface area contributed by atoms with Gasteiger partial charge in [0.1, 0.15) is 17.4 Å². The Hall–Kier alpha value is -4.04. The number of nitrogens with zero attached hydrogens (tertiary/aromatic N) is 1. The molecule has 30 heavy (non-hydrogen) atoms. The molecule has 5 heteroatoms. The highest BCUT2D eigenvalue weighted by Crippen LogP contribution is 2.45. The first-order chi connectivity index (χ1) is 14.5. The Bertz CT molecular complexity index is 1490. The first-order valence-electron chi connectivity index (χ1n) is 9.71. The lowest BCUT2D eigenvalue weighted by molar-refractivity contribution is 0.395. The number of hydrogen-bond donors (Lipinski definition) is 2. The number of fused-ring (bicyclic) bond motifs is 4. The van der Waals surface area contributed by atoms with Crippen LogP contribution in [0.2, 0.25) is 0 Å². The minimum absolute atomic E-state index is 0.0323. The van der Waals surface area contributed by atoms with E-state index in [1.54, 1.807) is 0 Å². The van der Waals surface area contributed by atoms with Crippen LogP contribution in [0, 0.1) is 25.2 Å². The maximum Gasteiger partial charge on any atom is 0.252 e. The molecular formula is C25H19N3O2. The number of aryl methyl sites for hydroxylation is 2. The van der Waals surface area contributed by atoms with E-state index < -0.39 is 5.92 Å². The molecule has 4 aromatic rings. The van der Waals surface area contributed by atoms with Gasteiger partial charge in [-0.05, 0) is 65.4 Å². The average Bonchev–Trinajstić information content (AvgIpc) is 2.73. The number of nitrogens with one attached hydrogen (secondary N) is 1. The van der Waals surface area contributed by atoms with Crippen LogP contribution in [0.4, 0.5) is 0 Å². The molecule has 146 valence electrons. The first kappa shape index (κ1) is 18.0. The minimum atomic E-state index is -0.611. The van der Waals surface area contributed by atoms with Crippen molar-refractivity contribution in [2.45, 2.75) is 19.8 Å². The Morgan fingerprint density at radius 2 is 1.80 bits per heavy atom. The van der Waals surface area contributed by atoms with Crippen LogP contribution < -0.4 is 16.0 Å². The molecule has 0 radical (unpaired) electrons. The lowest BCUT2D eigenvalue weighted by Gasteiger charge is -2.27. The van der Waals surface area contributed by atoms with Gasteiger partial charge in [-0.15, -0.1) is 0 Å². The third-order valence-corrected chi connectivity index (χ3v) is 5.91. The topological polar surface area (TPSA) is 91.9 Å². The summed E-state index contributed by atoms with van der Waals surface area (Å²) in [6, 6.07) is 19.7. The van der Waals surface area contributed by atoms with E-state index >= 15 is 0 Å². The summed E-state index contributed by atoms with van der Waals surface area (Å²) in [5.74, 6) is -0.0146. The van der Waals surface area contributed by atoms with Crippen LogP contribution in [0.5, 0.6) is 5.75 Å². The van der Waals surface area contributed by atoms with Gasteiger partial charge in [-0.2, -0.15) is 5.26 Å². The van der Waals surface area contributed by atoms with Gasteiger partial charge in [0, 0.05) is 16.6 Å². The molecule has 0 aliphatic carbocycles. The molecule has 5 nitrogen and oxygen atoms in total. The summed E-state index contributed by atoms with van der Waals surface area (Å²) in [5.41, 5.74) is 10.4. The molecule has 3 N–H and O–H groups in total. The average molecular weight is 393 g/mol. The minimum Gasteiger partial charge on any atom is -0.440 e. The fourth-order valence-electron chi connectivity index (χ4n) is 4.26. The number of nitriles is 1. The highest BCUT2D eigenvalue weighted by atomic mass is 16.5. The number of H-pyrrole nitrogens is 1. The predicted octanol–water partition coefficient (Wildman–Crippen LogP) is 4.52. The molecule has 1 atom stereocenters. The third-order valence-electron chi connectivity index (χ3n) is 5.91. The summed E-state index contributed by atoms with van der Waals surface area (Å²) in [4.78, 5) is 16.2. The van der Waals surface area contributed by atoms with Gasteiger partial charge in [-0.25, -0.2) is 0 Å². The second-order valence-corrected chi connectivity index (χ2v) is 7.70. The SMILES string of the molecule is Cc1cc2cc(C3C(C#N)=C(N)Oc4ccc5ccccc5c43)c(=O)[nH]c2cc1C. The molecule has 0 amide bonds. The van der Waals surface area contributed by atoms with Crippen molar-refractivity contribution in [2.24, 2.45) is 5.73 Å². The highest BCUT2D eigenvalue weighted by molar-refractivity contribution is 5.90. The smallest absolute Gasteiger partial charge is 0.252 e. The number of ether oxygens (including phenoxy) is 1. The molecule has 2 heterocycles. The van der Waals surface area contributed by atoms with Crippen LogP contribution in [0.15, 0.2) is 70.8 Å². The zero-order valence-corrected chi connectivity index (χ0v) is 16.6. The molecule has 1 aliphatic rings. The molecule has 3 aromatic carbocycles. The van der Waals surface area contributed by atoms with Crippen molar-refractivity contribution in [3.05, 3.63) is 98.7 Å². The van der Waals surface area contributed by atoms with Crippen molar-refractivity contribution in [2.75, 3.05) is 0 Å². The molecule has 5 rings (SSSR count). The molecule has 1 aliphatic heterocycles. The summed E-state index contributed by atoms with van der Waals surface area (Å²) in [6.45, 7) is 4.05. The van der Waals surface area contributed by atoms with E-state index in [9.17, 15) is 10.1 Å². The predicted molar refractivity (Wildman–Crippen MR) is 117 cm³/mol. The second-order valence-electron chi connectivity index (χ2n) is 7.70. The van der Waals surface area contributed by atoms with E-state index in [0.717, 1.165) is 38.4 Å². The molecule has 0 bridgehead atoms. The first-order valence-corrected chi connectivity index (χ1v) is 9.71. The summed E-state index contributed by atoms with van der Waals surface area (Å²) in [6.07, 6.45) is 0. The fraction of sp³-hybridized carbons (Fsp3) is 0.120. The van der Waals surface area contributed by atoms with Gasteiger partial charge in [0.2, 0.25) is 5.88 Å². The fourth-order valence-corrected chi connectivity index (χ4v) is 4.26. The van der Waals surface area contributed by atoms with E-state index in [0.29, 0.717) is 11.3 Å². The third kappa shape index (κ3) is 2.58. The van der Waals surface area contributed by atoms with Crippen molar-refractivity contribution < 1.29 is 4.74 Å². The molecular weight excluding hydrogens is 374 g/mol.